The van der Waals surface area contributed by atoms with Gasteiger partial charge < -0.3 is 10.1 Å². The van der Waals surface area contributed by atoms with Gasteiger partial charge in [0.1, 0.15) is 5.75 Å². The van der Waals surface area contributed by atoms with Crippen LogP contribution < -0.4 is 10.1 Å². The topological polar surface area (TPSA) is 21.3 Å². The van der Waals surface area contributed by atoms with Crippen LogP contribution in [0.2, 0.25) is 0 Å². The maximum absolute atomic E-state index is 12.3. The summed E-state index contributed by atoms with van der Waals surface area (Å²) in [6.07, 6.45) is 0.201. The second kappa shape index (κ2) is 6.04. The van der Waals surface area contributed by atoms with Gasteiger partial charge in [-0.3, -0.25) is 0 Å². The van der Waals surface area contributed by atoms with Gasteiger partial charge >= 0.3 is 6.36 Å². The first-order valence-corrected chi connectivity index (χ1v) is 6.92. The van der Waals surface area contributed by atoms with Crippen molar-refractivity contribution in [2.24, 2.45) is 5.41 Å². The summed E-state index contributed by atoms with van der Waals surface area (Å²) in [5.41, 5.74) is 0.811. The summed E-state index contributed by atoms with van der Waals surface area (Å²) < 4.78 is 41.0. The minimum absolute atomic E-state index is 0.121. The lowest BCUT2D eigenvalue weighted by atomic mass is 9.89. The molecular formula is C15H20F3NO. The summed E-state index contributed by atoms with van der Waals surface area (Å²) in [5, 5.41) is 3.26. The zero-order chi connectivity index (χ0) is 14.6. The van der Waals surface area contributed by atoms with Gasteiger partial charge in [-0.15, -0.1) is 13.2 Å². The van der Waals surface area contributed by atoms with Gasteiger partial charge in [0.2, 0.25) is 0 Å². The Bertz CT molecular complexity index is 439. The smallest absolute Gasteiger partial charge is 0.405 e. The van der Waals surface area contributed by atoms with Crippen LogP contribution >= 0.6 is 0 Å². The molecule has 1 aliphatic rings. The van der Waals surface area contributed by atoms with Crippen LogP contribution in [0.3, 0.4) is 0 Å². The Morgan fingerprint density at radius 3 is 2.50 bits per heavy atom. The summed E-state index contributed by atoms with van der Waals surface area (Å²) >= 11 is 0. The van der Waals surface area contributed by atoms with Crippen LogP contribution in [0.1, 0.15) is 38.2 Å². The van der Waals surface area contributed by atoms with Gasteiger partial charge in [-0.05, 0) is 24.3 Å². The third kappa shape index (κ3) is 4.40. The van der Waals surface area contributed by atoms with E-state index in [1.165, 1.54) is 31.7 Å². The van der Waals surface area contributed by atoms with Crippen molar-refractivity contribution in [3.8, 4) is 5.75 Å². The Balaban J connectivity index is 1.92. The molecule has 1 aliphatic carbocycles. The molecule has 112 valence electrons. The molecule has 0 aromatic heterocycles. The highest BCUT2D eigenvalue weighted by atomic mass is 19.4. The maximum atomic E-state index is 12.3. The minimum Gasteiger partial charge on any atom is -0.405 e. The summed E-state index contributed by atoms with van der Waals surface area (Å²) in [7, 11) is 0. The minimum atomic E-state index is -4.65. The number of benzene rings is 1. The van der Waals surface area contributed by atoms with Crippen LogP contribution in [0.25, 0.3) is 0 Å². The molecule has 5 heteroatoms. The number of nitrogens with one attached hydrogen (secondary N) is 1. The zero-order valence-corrected chi connectivity index (χ0v) is 11.6. The van der Waals surface area contributed by atoms with Crippen molar-refractivity contribution in [3.05, 3.63) is 29.8 Å². The highest BCUT2D eigenvalue weighted by Crippen LogP contribution is 2.36. The Hall–Kier alpha value is -1.23. The predicted octanol–water partition coefficient (Wildman–Crippen LogP) is 4.26. The summed E-state index contributed by atoms with van der Waals surface area (Å²) in [4.78, 5) is 0. The Morgan fingerprint density at radius 2 is 1.85 bits per heavy atom. The summed E-state index contributed by atoms with van der Waals surface area (Å²) in [6.45, 7) is 3.44. The molecule has 1 aromatic carbocycles. The van der Waals surface area contributed by atoms with Gasteiger partial charge in [0.05, 0.1) is 0 Å². The van der Waals surface area contributed by atoms with Crippen molar-refractivity contribution in [1.29, 1.82) is 0 Å². The number of hydrogen-bond donors (Lipinski definition) is 1. The molecule has 1 N–H and O–H groups in total. The second-order valence-corrected chi connectivity index (χ2v) is 5.78. The number of rotatable bonds is 5. The molecule has 0 saturated heterocycles. The number of halogens is 3. The van der Waals surface area contributed by atoms with Crippen LogP contribution in [-0.2, 0) is 6.54 Å². The Morgan fingerprint density at radius 1 is 1.20 bits per heavy atom. The molecule has 1 saturated carbocycles. The highest BCUT2D eigenvalue weighted by Gasteiger charge is 2.32. The van der Waals surface area contributed by atoms with E-state index in [4.69, 9.17) is 0 Å². The lowest BCUT2D eigenvalue weighted by molar-refractivity contribution is -0.274. The van der Waals surface area contributed by atoms with Crippen molar-refractivity contribution >= 4 is 0 Å². The van der Waals surface area contributed by atoms with Crippen molar-refractivity contribution < 1.29 is 17.9 Å². The summed E-state index contributed by atoms with van der Waals surface area (Å²) in [5.74, 6) is -0.121. The van der Waals surface area contributed by atoms with Crippen molar-refractivity contribution in [2.45, 2.75) is 45.5 Å². The molecule has 0 unspecified atom stereocenters. The highest BCUT2D eigenvalue weighted by molar-refractivity contribution is 5.33. The van der Waals surface area contributed by atoms with Gasteiger partial charge in [-0.1, -0.05) is 38.0 Å². The molecule has 0 heterocycles. The molecule has 2 rings (SSSR count). The van der Waals surface area contributed by atoms with E-state index >= 15 is 0 Å². The fraction of sp³-hybridized carbons (Fsp3) is 0.600. The molecule has 0 atom stereocenters. The van der Waals surface area contributed by atoms with Crippen LogP contribution in [0.15, 0.2) is 24.3 Å². The molecule has 1 fully saturated rings. The van der Waals surface area contributed by atoms with E-state index in [0.29, 0.717) is 12.1 Å². The monoisotopic (exact) mass is 287 g/mol. The SMILES string of the molecule is CC1(CNCc2ccccc2OC(F)(F)F)CCCC1. The first-order chi connectivity index (χ1) is 9.38. The number of hydrogen-bond acceptors (Lipinski definition) is 2. The zero-order valence-electron chi connectivity index (χ0n) is 11.6. The average Bonchev–Trinajstić information content (AvgIpc) is 2.77. The van der Waals surface area contributed by atoms with Crippen molar-refractivity contribution in [2.75, 3.05) is 6.54 Å². The molecule has 0 bridgehead atoms. The van der Waals surface area contributed by atoms with E-state index < -0.39 is 6.36 Å². The van der Waals surface area contributed by atoms with Gasteiger partial charge in [-0.25, -0.2) is 0 Å². The van der Waals surface area contributed by atoms with Gasteiger partial charge in [0.25, 0.3) is 0 Å². The number of para-hydroxylation sites is 1. The first kappa shape index (κ1) is 15.2. The Labute approximate surface area is 117 Å². The standard InChI is InChI=1S/C15H20F3NO/c1-14(8-4-5-9-14)11-19-10-12-6-2-3-7-13(12)20-15(16,17)18/h2-3,6-7,19H,4-5,8-11H2,1H3. The Kier molecular flexibility index (Phi) is 4.58. The van der Waals surface area contributed by atoms with Gasteiger partial charge in [-0.2, -0.15) is 0 Å². The van der Waals surface area contributed by atoms with Crippen molar-refractivity contribution in [1.82, 2.24) is 5.32 Å². The fourth-order valence-corrected chi connectivity index (χ4v) is 2.78. The number of alkyl halides is 3. The predicted molar refractivity (Wildman–Crippen MR) is 71.4 cm³/mol. The van der Waals surface area contributed by atoms with E-state index in [0.717, 1.165) is 6.54 Å². The van der Waals surface area contributed by atoms with Crippen LogP contribution in [0.4, 0.5) is 13.2 Å². The van der Waals surface area contributed by atoms with E-state index in [1.807, 2.05) is 0 Å². The first-order valence-electron chi connectivity index (χ1n) is 6.92. The summed E-state index contributed by atoms with van der Waals surface area (Å²) in [6, 6.07) is 6.27. The van der Waals surface area contributed by atoms with E-state index in [2.05, 4.69) is 17.0 Å². The van der Waals surface area contributed by atoms with E-state index in [-0.39, 0.29) is 11.2 Å². The van der Waals surface area contributed by atoms with Crippen LogP contribution in [-0.4, -0.2) is 12.9 Å². The molecule has 20 heavy (non-hydrogen) atoms. The van der Waals surface area contributed by atoms with E-state index in [9.17, 15) is 13.2 Å². The fourth-order valence-electron chi connectivity index (χ4n) is 2.78. The second-order valence-electron chi connectivity index (χ2n) is 5.78. The average molecular weight is 287 g/mol. The van der Waals surface area contributed by atoms with Gasteiger partial charge in [0.15, 0.2) is 0 Å². The van der Waals surface area contributed by atoms with Gasteiger partial charge in [0, 0.05) is 18.7 Å². The quantitative estimate of drug-likeness (QED) is 0.874. The third-order valence-electron chi connectivity index (χ3n) is 3.88. The molecule has 0 aliphatic heterocycles. The largest absolute Gasteiger partial charge is 0.573 e. The van der Waals surface area contributed by atoms with Crippen LogP contribution in [0.5, 0.6) is 5.75 Å². The lowest BCUT2D eigenvalue weighted by Crippen LogP contribution is -2.29. The number of ether oxygens (including phenoxy) is 1. The molecule has 0 spiro atoms. The molecule has 2 nitrogen and oxygen atoms in total. The normalized spacial score (nSPS) is 18.2. The lowest BCUT2D eigenvalue weighted by Gasteiger charge is -2.24. The molecule has 1 aromatic rings. The van der Waals surface area contributed by atoms with Crippen molar-refractivity contribution in [3.63, 3.8) is 0 Å². The molecular weight excluding hydrogens is 267 g/mol. The molecule has 0 radical (unpaired) electrons. The molecule has 0 amide bonds. The third-order valence-corrected chi connectivity index (χ3v) is 3.88. The van der Waals surface area contributed by atoms with E-state index in [1.54, 1.807) is 18.2 Å². The maximum Gasteiger partial charge on any atom is 0.573 e. The van der Waals surface area contributed by atoms with Crippen LogP contribution in [0, 0.1) is 5.41 Å².